The predicted octanol–water partition coefficient (Wildman–Crippen LogP) is 1.64. The number of hydrogen-bond acceptors (Lipinski definition) is 8. The maximum absolute atomic E-state index is 10.3. The summed E-state index contributed by atoms with van der Waals surface area (Å²) < 4.78 is 6.72. The van der Waals surface area contributed by atoms with Gasteiger partial charge in [-0.2, -0.15) is 5.10 Å². The zero-order valence-electron chi connectivity index (χ0n) is 12.2. The Kier molecular flexibility index (Phi) is 3.80. The van der Waals surface area contributed by atoms with E-state index in [0.717, 1.165) is 19.4 Å². The number of anilines is 1. The minimum Gasteiger partial charge on any atom is -0.391 e. The van der Waals surface area contributed by atoms with Gasteiger partial charge in [0.25, 0.3) is 0 Å². The third kappa shape index (κ3) is 3.10. The summed E-state index contributed by atoms with van der Waals surface area (Å²) in [7, 11) is 0. The van der Waals surface area contributed by atoms with Crippen molar-refractivity contribution in [3.8, 4) is 10.7 Å². The Hall–Kier alpha value is -2.26. The fourth-order valence-electron chi connectivity index (χ4n) is 2.96. The van der Waals surface area contributed by atoms with Gasteiger partial charge in [0, 0.05) is 25.0 Å². The molecule has 0 amide bonds. The minimum absolute atomic E-state index is 0.0197. The Balaban J connectivity index is 1.39. The Labute approximate surface area is 136 Å². The third-order valence-electron chi connectivity index (χ3n) is 4.02. The van der Waals surface area contributed by atoms with Crippen LogP contribution in [0.3, 0.4) is 0 Å². The lowest BCUT2D eigenvalue weighted by Gasteiger charge is -2.14. The smallest absolute Gasteiger partial charge is 0.206 e. The average molecular weight is 332 g/mol. The van der Waals surface area contributed by atoms with Gasteiger partial charge in [-0.3, -0.25) is 4.68 Å². The van der Waals surface area contributed by atoms with Gasteiger partial charge in [0.15, 0.2) is 5.01 Å². The molecule has 1 aliphatic carbocycles. The summed E-state index contributed by atoms with van der Waals surface area (Å²) in [6.07, 6.45) is 6.46. The van der Waals surface area contributed by atoms with Crippen LogP contribution in [0.4, 0.5) is 5.13 Å². The number of rotatable bonds is 5. The van der Waals surface area contributed by atoms with Crippen molar-refractivity contribution in [3.63, 3.8) is 0 Å². The number of aliphatic hydroxyl groups is 1. The average Bonchev–Trinajstić information content (AvgIpc) is 3.29. The van der Waals surface area contributed by atoms with Crippen molar-refractivity contribution in [2.24, 2.45) is 5.92 Å². The van der Waals surface area contributed by atoms with Gasteiger partial charge in [0.05, 0.1) is 12.1 Å². The summed E-state index contributed by atoms with van der Waals surface area (Å²) in [4.78, 5) is 0. The molecule has 3 atom stereocenters. The van der Waals surface area contributed by atoms with Crippen LogP contribution in [-0.2, 0) is 6.54 Å². The van der Waals surface area contributed by atoms with Crippen LogP contribution in [0.2, 0.25) is 0 Å². The SMILES string of the molecule is O[C@@H]1CC(Cn2cccn2)C[C@H]1Nc1nnc(-c2ccon2)s1. The van der Waals surface area contributed by atoms with E-state index in [0.29, 0.717) is 21.8 Å². The second-order valence-corrected chi connectivity index (χ2v) is 6.66. The van der Waals surface area contributed by atoms with E-state index < -0.39 is 6.10 Å². The summed E-state index contributed by atoms with van der Waals surface area (Å²) in [5.41, 5.74) is 0.666. The molecule has 3 aromatic rings. The monoisotopic (exact) mass is 332 g/mol. The molecule has 8 nitrogen and oxygen atoms in total. The summed E-state index contributed by atoms with van der Waals surface area (Å²) in [6.45, 7) is 0.822. The van der Waals surface area contributed by atoms with Crippen LogP contribution in [0, 0.1) is 5.92 Å². The summed E-state index contributed by atoms with van der Waals surface area (Å²) in [5.74, 6) is 0.394. The quantitative estimate of drug-likeness (QED) is 0.732. The number of hydrogen-bond donors (Lipinski definition) is 2. The van der Waals surface area contributed by atoms with Gasteiger partial charge in [0.2, 0.25) is 5.13 Å². The van der Waals surface area contributed by atoms with Gasteiger partial charge >= 0.3 is 0 Å². The van der Waals surface area contributed by atoms with Crippen LogP contribution < -0.4 is 5.32 Å². The van der Waals surface area contributed by atoms with Gasteiger partial charge in [-0.15, -0.1) is 10.2 Å². The van der Waals surface area contributed by atoms with Crippen molar-refractivity contribution in [1.82, 2.24) is 25.1 Å². The van der Waals surface area contributed by atoms with E-state index in [1.54, 1.807) is 12.3 Å². The Morgan fingerprint density at radius 3 is 3.13 bits per heavy atom. The highest BCUT2D eigenvalue weighted by Gasteiger charge is 2.33. The zero-order valence-corrected chi connectivity index (χ0v) is 13.1. The molecule has 1 aliphatic rings. The highest BCUT2D eigenvalue weighted by atomic mass is 32.1. The van der Waals surface area contributed by atoms with E-state index in [-0.39, 0.29) is 6.04 Å². The van der Waals surface area contributed by atoms with E-state index in [1.165, 1.54) is 17.6 Å². The molecule has 3 heterocycles. The summed E-state index contributed by atoms with van der Waals surface area (Å²) >= 11 is 1.40. The number of aliphatic hydroxyl groups excluding tert-OH is 1. The molecule has 9 heteroatoms. The minimum atomic E-state index is -0.394. The molecule has 0 spiro atoms. The molecule has 0 aromatic carbocycles. The summed E-state index contributed by atoms with van der Waals surface area (Å²) in [6, 6.07) is 3.64. The van der Waals surface area contributed by atoms with Crippen molar-refractivity contribution >= 4 is 16.5 Å². The van der Waals surface area contributed by atoms with Crippen LogP contribution in [0.1, 0.15) is 12.8 Å². The highest BCUT2D eigenvalue weighted by Crippen LogP contribution is 2.32. The van der Waals surface area contributed by atoms with E-state index in [2.05, 4.69) is 25.8 Å². The largest absolute Gasteiger partial charge is 0.391 e. The van der Waals surface area contributed by atoms with E-state index in [1.807, 2.05) is 16.9 Å². The van der Waals surface area contributed by atoms with E-state index >= 15 is 0 Å². The van der Waals surface area contributed by atoms with Gasteiger partial charge in [-0.05, 0) is 24.8 Å². The Bertz CT molecular complexity index is 741. The number of nitrogens with one attached hydrogen (secondary N) is 1. The van der Waals surface area contributed by atoms with Crippen LogP contribution in [0.25, 0.3) is 10.7 Å². The van der Waals surface area contributed by atoms with Gasteiger partial charge in [0.1, 0.15) is 12.0 Å². The lowest BCUT2D eigenvalue weighted by atomic mass is 10.1. The first-order valence-corrected chi connectivity index (χ1v) is 8.26. The second-order valence-electron chi connectivity index (χ2n) is 5.68. The highest BCUT2D eigenvalue weighted by molar-refractivity contribution is 7.18. The van der Waals surface area contributed by atoms with Gasteiger partial charge in [-0.1, -0.05) is 16.5 Å². The van der Waals surface area contributed by atoms with Crippen molar-refractivity contribution in [3.05, 3.63) is 30.8 Å². The molecule has 0 bridgehead atoms. The molecule has 1 fully saturated rings. The van der Waals surface area contributed by atoms with Crippen LogP contribution in [0.15, 0.2) is 35.3 Å². The molecule has 1 saturated carbocycles. The Morgan fingerprint density at radius 1 is 1.39 bits per heavy atom. The zero-order chi connectivity index (χ0) is 15.6. The molecule has 120 valence electrons. The van der Waals surface area contributed by atoms with Crippen molar-refractivity contribution in [2.75, 3.05) is 5.32 Å². The van der Waals surface area contributed by atoms with Crippen molar-refractivity contribution < 1.29 is 9.63 Å². The normalized spacial score (nSPS) is 24.1. The number of nitrogens with zero attached hydrogens (tertiary/aromatic N) is 5. The number of aromatic nitrogens is 5. The van der Waals surface area contributed by atoms with Gasteiger partial charge in [-0.25, -0.2) is 0 Å². The molecular formula is C14H16N6O2S. The maximum atomic E-state index is 10.3. The van der Waals surface area contributed by atoms with Crippen molar-refractivity contribution in [2.45, 2.75) is 31.5 Å². The molecule has 2 N–H and O–H groups in total. The van der Waals surface area contributed by atoms with Crippen LogP contribution in [-0.4, -0.2) is 42.4 Å². The van der Waals surface area contributed by atoms with Crippen molar-refractivity contribution in [1.29, 1.82) is 0 Å². The van der Waals surface area contributed by atoms with Crippen LogP contribution in [0.5, 0.6) is 0 Å². The Morgan fingerprint density at radius 2 is 2.35 bits per heavy atom. The first kappa shape index (κ1) is 14.3. The standard InChI is InChI=1S/C14H16N6O2S/c21-12-7-9(8-20-4-1-3-15-20)6-11(12)16-14-18-17-13(23-14)10-2-5-22-19-10/h1-5,9,11-12,21H,6-8H2,(H,16,18)/t9?,11-,12-/m1/s1. The topological polar surface area (TPSA) is 102 Å². The molecule has 0 saturated heterocycles. The van der Waals surface area contributed by atoms with E-state index in [4.69, 9.17) is 4.52 Å². The molecule has 3 aromatic heterocycles. The molecule has 1 unspecified atom stereocenters. The molecular weight excluding hydrogens is 316 g/mol. The third-order valence-corrected chi connectivity index (χ3v) is 4.90. The summed E-state index contributed by atoms with van der Waals surface area (Å²) in [5, 5.41) is 31.2. The molecule has 0 aliphatic heterocycles. The fraction of sp³-hybridized carbons (Fsp3) is 0.429. The van der Waals surface area contributed by atoms with Crippen LogP contribution >= 0.6 is 11.3 Å². The first-order chi connectivity index (χ1) is 11.3. The lowest BCUT2D eigenvalue weighted by molar-refractivity contribution is 0.166. The molecule has 4 rings (SSSR count). The first-order valence-electron chi connectivity index (χ1n) is 7.44. The molecule has 23 heavy (non-hydrogen) atoms. The maximum Gasteiger partial charge on any atom is 0.206 e. The molecule has 0 radical (unpaired) electrons. The second kappa shape index (κ2) is 6.09. The van der Waals surface area contributed by atoms with E-state index in [9.17, 15) is 5.11 Å². The fourth-order valence-corrected chi connectivity index (χ4v) is 3.73. The van der Waals surface area contributed by atoms with Gasteiger partial charge < -0.3 is 14.9 Å². The predicted molar refractivity (Wildman–Crippen MR) is 83.8 cm³/mol. The lowest BCUT2D eigenvalue weighted by Crippen LogP contribution is -2.27.